The molecular formula is C34H42FN5O5. The van der Waals surface area contributed by atoms with Crippen LogP contribution in [0, 0.1) is 52.2 Å². The fourth-order valence-electron chi connectivity index (χ4n) is 10.2. The van der Waals surface area contributed by atoms with E-state index in [2.05, 4.69) is 22.0 Å². The Morgan fingerprint density at radius 2 is 1.71 bits per heavy atom. The van der Waals surface area contributed by atoms with Crippen LogP contribution in [0.25, 0.3) is 0 Å². The molecule has 2 aliphatic heterocycles. The summed E-state index contributed by atoms with van der Waals surface area (Å²) >= 11 is 0. The summed E-state index contributed by atoms with van der Waals surface area (Å²) < 4.78 is 18.9. The van der Waals surface area contributed by atoms with Gasteiger partial charge in [-0.1, -0.05) is 12.1 Å². The second-order valence-corrected chi connectivity index (χ2v) is 14.7. The predicted molar refractivity (Wildman–Crippen MR) is 159 cm³/mol. The van der Waals surface area contributed by atoms with E-state index >= 15 is 0 Å². The van der Waals surface area contributed by atoms with Crippen molar-refractivity contribution in [1.82, 2.24) is 20.9 Å². The first-order valence-corrected chi connectivity index (χ1v) is 16.7. The third kappa shape index (κ3) is 5.77. The molecule has 6 atom stereocenters. The number of hydrogen-bond acceptors (Lipinski definition) is 6. The maximum absolute atomic E-state index is 14.8. The number of piperidine rings is 1. The van der Waals surface area contributed by atoms with E-state index in [9.17, 15) is 28.8 Å². The van der Waals surface area contributed by atoms with E-state index < -0.39 is 29.6 Å². The third-order valence-electron chi connectivity index (χ3n) is 11.8. The standard InChI is InChI=1S/C34H42FN5O5/c35-25-4-1-19(2-5-25)18-45-33(44)39-29(34-14-20-9-21(15-34)11-22(10-20)16-34)32(43)40-27-6-3-23(13-27)28(40)31(42)38-26(17-36)12-24-7-8-37-30(24)41/h1-2,4-5,20-24,26-29H,3,6-16,18H2,(H,37,41)(H,38,42)(H,39,44)/t20?,21?,22?,23-,24-,26-,27+,28-,29+,34?/m0/s1. The number of ether oxygens (including phenoxy) is 1. The highest BCUT2D eigenvalue weighted by Crippen LogP contribution is 2.62. The largest absolute Gasteiger partial charge is 0.445 e. The smallest absolute Gasteiger partial charge is 0.408 e. The van der Waals surface area contributed by atoms with Gasteiger partial charge in [0.1, 0.15) is 30.5 Å². The molecule has 2 saturated heterocycles. The quantitative estimate of drug-likeness (QED) is 0.386. The second-order valence-electron chi connectivity index (χ2n) is 14.7. The average Bonchev–Trinajstić information content (AvgIpc) is 3.75. The number of amides is 4. The van der Waals surface area contributed by atoms with Gasteiger partial charge in [0.05, 0.1) is 6.07 Å². The molecule has 6 bridgehead atoms. The van der Waals surface area contributed by atoms with Crippen molar-refractivity contribution in [2.24, 2.45) is 35.0 Å². The van der Waals surface area contributed by atoms with Gasteiger partial charge in [-0.15, -0.1) is 0 Å². The number of benzene rings is 1. The van der Waals surface area contributed by atoms with Crippen LogP contribution in [0.15, 0.2) is 24.3 Å². The van der Waals surface area contributed by atoms with Crippen LogP contribution in [0.3, 0.4) is 0 Å². The Bertz CT molecular complexity index is 1360. The molecule has 5 saturated carbocycles. The fourth-order valence-corrected chi connectivity index (χ4v) is 10.2. The lowest BCUT2D eigenvalue weighted by molar-refractivity contribution is -0.153. The van der Waals surface area contributed by atoms with Crippen molar-refractivity contribution in [2.75, 3.05) is 6.54 Å². The number of carbonyl (C=O) groups is 4. The van der Waals surface area contributed by atoms with Gasteiger partial charge in [-0.2, -0.15) is 5.26 Å². The topological polar surface area (TPSA) is 141 Å². The molecule has 3 N–H and O–H groups in total. The average molecular weight is 620 g/mol. The molecule has 45 heavy (non-hydrogen) atoms. The van der Waals surface area contributed by atoms with Crippen molar-refractivity contribution < 1.29 is 28.3 Å². The number of rotatable bonds is 9. The van der Waals surface area contributed by atoms with Crippen molar-refractivity contribution in [1.29, 1.82) is 5.26 Å². The molecule has 0 unspecified atom stereocenters. The second kappa shape index (κ2) is 11.9. The fraction of sp³-hybridized carbons (Fsp3) is 0.676. The summed E-state index contributed by atoms with van der Waals surface area (Å²) in [6, 6.07) is 5.40. The number of alkyl carbamates (subject to hydrolysis) is 1. The van der Waals surface area contributed by atoms with E-state index in [-0.39, 0.29) is 54.4 Å². The summed E-state index contributed by atoms with van der Waals surface area (Å²) in [6.45, 7) is 0.511. The molecule has 0 aromatic heterocycles. The van der Waals surface area contributed by atoms with Crippen molar-refractivity contribution in [3.05, 3.63) is 35.6 Å². The van der Waals surface area contributed by atoms with Crippen molar-refractivity contribution in [3.63, 3.8) is 0 Å². The van der Waals surface area contributed by atoms with Gasteiger partial charge in [-0.25, -0.2) is 9.18 Å². The van der Waals surface area contributed by atoms with Gasteiger partial charge in [0, 0.05) is 23.9 Å². The molecular weight excluding hydrogens is 577 g/mol. The van der Waals surface area contributed by atoms with Crippen LogP contribution in [0.1, 0.15) is 76.2 Å². The van der Waals surface area contributed by atoms with Crippen LogP contribution in [0.5, 0.6) is 0 Å². The van der Waals surface area contributed by atoms with Crippen LogP contribution in [-0.4, -0.2) is 59.4 Å². The summed E-state index contributed by atoms with van der Waals surface area (Å²) in [5.41, 5.74) is 0.245. The van der Waals surface area contributed by atoms with Crippen molar-refractivity contribution >= 4 is 23.8 Å². The molecule has 0 spiro atoms. The molecule has 10 nitrogen and oxygen atoms in total. The number of nitrogens with zero attached hydrogens (tertiary/aromatic N) is 2. The van der Waals surface area contributed by atoms with Crippen molar-refractivity contribution in [2.45, 2.75) is 101 Å². The van der Waals surface area contributed by atoms with Crippen LogP contribution in [0.2, 0.25) is 0 Å². The van der Waals surface area contributed by atoms with E-state index in [1.807, 2.05) is 0 Å². The molecule has 0 radical (unpaired) electrons. The Labute approximate surface area is 262 Å². The molecule has 7 fully saturated rings. The Morgan fingerprint density at radius 3 is 2.33 bits per heavy atom. The molecule has 7 aliphatic rings. The van der Waals surface area contributed by atoms with Gasteiger partial charge < -0.3 is 25.6 Å². The molecule has 8 rings (SSSR count). The first kappa shape index (κ1) is 30.0. The van der Waals surface area contributed by atoms with Crippen LogP contribution >= 0.6 is 0 Å². The van der Waals surface area contributed by atoms with E-state index in [0.717, 1.165) is 32.1 Å². The SMILES string of the molecule is N#C[C@H](C[C@@H]1CCNC1=O)NC(=O)[C@@H]1[C@H]2CC[C@H](C2)N1C(=O)[C@@H](NC(=O)OCc1ccc(F)cc1)C12CC3CC(CC(C3)C1)C2. The number of nitriles is 1. The Kier molecular flexibility index (Phi) is 7.95. The van der Waals surface area contributed by atoms with Crippen LogP contribution in [0.4, 0.5) is 9.18 Å². The zero-order chi connectivity index (χ0) is 31.3. The lowest BCUT2D eigenvalue weighted by atomic mass is 9.47. The first-order chi connectivity index (χ1) is 21.7. The summed E-state index contributed by atoms with van der Waals surface area (Å²) in [6.07, 6.45) is 8.62. The highest BCUT2D eigenvalue weighted by molar-refractivity contribution is 5.93. The number of carbonyl (C=O) groups excluding carboxylic acids is 4. The lowest BCUT2D eigenvalue weighted by Crippen LogP contribution is -2.65. The first-order valence-electron chi connectivity index (χ1n) is 16.7. The van der Waals surface area contributed by atoms with Gasteiger partial charge in [-0.05, 0) is 112 Å². The van der Waals surface area contributed by atoms with E-state index in [0.29, 0.717) is 42.7 Å². The van der Waals surface area contributed by atoms with Crippen LogP contribution < -0.4 is 16.0 Å². The minimum Gasteiger partial charge on any atom is -0.445 e. The lowest BCUT2D eigenvalue weighted by Gasteiger charge is -2.59. The molecule has 1 aromatic carbocycles. The predicted octanol–water partition coefficient (Wildman–Crippen LogP) is 3.55. The number of halogens is 1. The van der Waals surface area contributed by atoms with Gasteiger partial charge in [0.15, 0.2) is 0 Å². The number of hydrogen-bond donors (Lipinski definition) is 3. The Morgan fingerprint density at radius 1 is 1.02 bits per heavy atom. The monoisotopic (exact) mass is 619 g/mol. The number of nitrogens with one attached hydrogen (secondary N) is 3. The zero-order valence-corrected chi connectivity index (χ0v) is 25.5. The Balaban J connectivity index is 1.11. The molecule has 4 amide bonds. The summed E-state index contributed by atoms with van der Waals surface area (Å²) in [5.74, 6) is 0.186. The Hall–Kier alpha value is -3.68. The highest BCUT2D eigenvalue weighted by Gasteiger charge is 2.60. The zero-order valence-electron chi connectivity index (χ0n) is 25.5. The minimum absolute atomic E-state index is 0.0180. The number of likely N-dealkylation sites (tertiary alicyclic amines) is 1. The molecule has 11 heteroatoms. The van der Waals surface area contributed by atoms with Gasteiger partial charge in [-0.3, -0.25) is 14.4 Å². The molecule has 240 valence electrons. The van der Waals surface area contributed by atoms with E-state index in [4.69, 9.17) is 4.74 Å². The number of fused-ring (bicyclic) bond motifs is 2. The van der Waals surface area contributed by atoms with Crippen LogP contribution in [-0.2, 0) is 25.7 Å². The maximum atomic E-state index is 14.8. The van der Waals surface area contributed by atoms with Gasteiger partial charge >= 0.3 is 6.09 Å². The normalized spacial score (nSPS) is 35.4. The van der Waals surface area contributed by atoms with Gasteiger partial charge in [0.2, 0.25) is 17.7 Å². The van der Waals surface area contributed by atoms with E-state index in [1.165, 1.54) is 31.4 Å². The molecule has 1 aromatic rings. The minimum atomic E-state index is -0.832. The maximum Gasteiger partial charge on any atom is 0.408 e. The van der Waals surface area contributed by atoms with Gasteiger partial charge in [0.25, 0.3) is 0 Å². The van der Waals surface area contributed by atoms with E-state index in [1.54, 1.807) is 17.0 Å². The summed E-state index contributed by atoms with van der Waals surface area (Å²) in [7, 11) is 0. The highest BCUT2D eigenvalue weighted by atomic mass is 19.1. The van der Waals surface area contributed by atoms with Crippen molar-refractivity contribution in [3.8, 4) is 6.07 Å². The molecule has 5 aliphatic carbocycles. The molecule has 2 heterocycles. The summed E-state index contributed by atoms with van der Waals surface area (Å²) in [4.78, 5) is 55.9. The third-order valence-corrected chi connectivity index (χ3v) is 11.8. The summed E-state index contributed by atoms with van der Waals surface area (Å²) in [5, 5.41) is 18.5.